The van der Waals surface area contributed by atoms with Crippen molar-refractivity contribution in [1.82, 2.24) is 10.2 Å². The van der Waals surface area contributed by atoms with E-state index in [1.165, 1.54) is 30.6 Å². The van der Waals surface area contributed by atoms with Crippen molar-refractivity contribution in [3.05, 3.63) is 22.4 Å². The molecule has 0 aromatic carbocycles. The smallest absolute Gasteiger partial charge is 0.223 e. The molecule has 2 unspecified atom stereocenters. The Morgan fingerprint density at radius 2 is 2.08 bits per heavy atom. The Labute approximate surface area is 162 Å². The molecule has 1 amide bonds. The molecule has 2 aliphatic rings. The number of carbonyl (C=O) groups is 1. The number of thiophene rings is 1. The van der Waals surface area contributed by atoms with E-state index in [1.54, 1.807) is 11.3 Å². The maximum Gasteiger partial charge on any atom is 0.223 e. The van der Waals surface area contributed by atoms with E-state index >= 15 is 0 Å². The van der Waals surface area contributed by atoms with Gasteiger partial charge in [-0.15, -0.1) is 11.3 Å². The van der Waals surface area contributed by atoms with Gasteiger partial charge >= 0.3 is 0 Å². The van der Waals surface area contributed by atoms with Gasteiger partial charge in [-0.05, 0) is 62.6 Å². The van der Waals surface area contributed by atoms with Gasteiger partial charge in [0.05, 0.1) is 12.7 Å². The molecule has 0 bridgehead atoms. The van der Waals surface area contributed by atoms with Crippen molar-refractivity contribution in [2.45, 2.75) is 58.0 Å². The Hall–Kier alpha value is -0.910. The average Bonchev–Trinajstić information content (AvgIpc) is 3.17. The number of ether oxygens (including phenoxy) is 1. The second-order valence-corrected chi connectivity index (χ2v) is 8.94. The van der Waals surface area contributed by atoms with E-state index in [2.05, 4.69) is 34.7 Å². The number of hydrogen-bond acceptors (Lipinski definition) is 4. The van der Waals surface area contributed by atoms with Crippen molar-refractivity contribution in [3.8, 4) is 0 Å². The van der Waals surface area contributed by atoms with Crippen molar-refractivity contribution in [2.24, 2.45) is 11.8 Å². The normalized spacial score (nSPS) is 25.3. The van der Waals surface area contributed by atoms with E-state index in [0.29, 0.717) is 12.0 Å². The molecule has 1 aliphatic heterocycles. The summed E-state index contributed by atoms with van der Waals surface area (Å²) in [4.78, 5) is 16.1. The molecular formula is C21H34N2O2S. The molecule has 1 saturated carbocycles. The number of amides is 1. The van der Waals surface area contributed by atoms with Crippen LogP contribution in [0.5, 0.6) is 0 Å². The fraction of sp³-hybridized carbons (Fsp3) is 0.762. The second kappa shape index (κ2) is 10.4. The minimum atomic E-state index is 0.189. The van der Waals surface area contributed by atoms with Crippen molar-refractivity contribution in [2.75, 3.05) is 32.8 Å². The third-order valence-electron chi connectivity index (χ3n) is 5.98. The first-order valence-corrected chi connectivity index (χ1v) is 11.2. The number of hydrogen-bond donors (Lipinski definition) is 1. The molecule has 1 aromatic rings. The van der Waals surface area contributed by atoms with E-state index in [9.17, 15) is 4.79 Å². The van der Waals surface area contributed by atoms with Gasteiger partial charge in [0.15, 0.2) is 0 Å². The fourth-order valence-corrected chi connectivity index (χ4v) is 4.90. The van der Waals surface area contributed by atoms with Crippen molar-refractivity contribution < 1.29 is 9.53 Å². The molecule has 1 saturated heterocycles. The van der Waals surface area contributed by atoms with Gasteiger partial charge in [0.25, 0.3) is 0 Å². The van der Waals surface area contributed by atoms with Crippen LogP contribution in [-0.2, 0) is 16.0 Å². The summed E-state index contributed by atoms with van der Waals surface area (Å²) in [7, 11) is 0. The van der Waals surface area contributed by atoms with Gasteiger partial charge in [0, 0.05) is 23.9 Å². The van der Waals surface area contributed by atoms with Crippen LogP contribution in [0.3, 0.4) is 0 Å². The van der Waals surface area contributed by atoms with E-state index in [4.69, 9.17) is 4.74 Å². The fourth-order valence-electron chi connectivity index (χ4n) is 4.19. The number of likely N-dealkylation sites (tertiary alicyclic amines) is 1. The van der Waals surface area contributed by atoms with Crippen LogP contribution in [0.2, 0.25) is 0 Å². The first-order valence-electron chi connectivity index (χ1n) is 10.4. The number of nitrogens with one attached hydrogen (secondary N) is 1. The topological polar surface area (TPSA) is 41.6 Å². The molecule has 26 heavy (non-hydrogen) atoms. The summed E-state index contributed by atoms with van der Waals surface area (Å²) in [6.07, 6.45) is 8.60. The van der Waals surface area contributed by atoms with Crippen molar-refractivity contribution in [3.63, 3.8) is 0 Å². The van der Waals surface area contributed by atoms with Crippen LogP contribution < -0.4 is 5.32 Å². The lowest BCUT2D eigenvalue weighted by Crippen LogP contribution is -2.42. The molecule has 1 aliphatic carbocycles. The van der Waals surface area contributed by atoms with Crippen molar-refractivity contribution in [1.29, 1.82) is 0 Å². The summed E-state index contributed by atoms with van der Waals surface area (Å²) in [5, 5.41) is 5.21. The molecule has 4 nitrogen and oxygen atoms in total. The predicted octanol–water partition coefficient (Wildman–Crippen LogP) is 3.71. The maximum absolute atomic E-state index is 12.3. The van der Waals surface area contributed by atoms with Gasteiger partial charge in [-0.2, -0.15) is 0 Å². The average molecular weight is 379 g/mol. The molecule has 2 fully saturated rings. The molecule has 1 aromatic heterocycles. The number of nitrogens with zero attached hydrogens (tertiary/aromatic N) is 1. The first kappa shape index (κ1) is 19.8. The maximum atomic E-state index is 12.3. The van der Waals surface area contributed by atoms with Crippen LogP contribution in [0.15, 0.2) is 17.5 Å². The van der Waals surface area contributed by atoms with Crippen LogP contribution in [0.1, 0.15) is 50.3 Å². The Kier molecular flexibility index (Phi) is 7.96. The van der Waals surface area contributed by atoms with Crippen LogP contribution in [0.25, 0.3) is 0 Å². The van der Waals surface area contributed by atoms with Gasteiger partial charge in [-0.3, -0.25) is 4.79 Å². The highest BCUT2D eigenvalue weighted by molar-refractivity contribution is 7.09. The summed E-state index contributed by atoms with van der Waals surface area (Å²) < 4.78 is 6.14. The molecule has 2 atom stereocenters. The molecule has 3 rings (SSSR count). The monoisotopic (exact) mass is 378 g/mol. The zero-order valence-corrected chi connectivity index (χ0v) is 16.9. The van der Waals surface area contributed by atoms with Gasteiger partial charge in [0.1, 0.15) is 0 Å². The largest absolute Gasteiger partial charge is 0.377 e. The zero-order valence-electron chi connectivity index (χ0n) is 16.1. The number of rotatable bonds is 8. The van der Waals surface area contributed by atoms with Crippen molar-refractivity contribution >= 4 is 17.2 Å². The highest BCUT2D eigenvalue weighted by Gasteiger charge is 2.25. The van der Waals surface area contributed by atoms with Crippen LogP contribution in [0, 0.1) is 11.8 Å². The van der Waals surface area contributed by atoms with Gasteiger partial charge in [-0.25, -0.2) is 0 Å². The third kappa shape index (κ3) is 6.07. The summed E-state index contributed by atoms with van der Waals surface area (Å²) in [6, 6.07) is 4.20. The van der Waals surface area contributed by atoms with Gasteiger partial charge < -0.3 is 15.0 Å². The lowest BCUT2D eigenvalue weighted by Gasteiger charge is -2.33. The highest BCUT2D eigenvalue weighted by Crippen LogP contribution is 2.26. The Bertz CT molecular complexity index is 526. The Morgan fingerprint density at radius 1 is 1.27 bits per heavy atom. The predicted molar refractivity (Wildman–Crippen MR) is 108 cm³/mol. The highest BCUT2D eigenvalue weighted by atomic mass is 32.1. The quantitative estimate of drug-likeness (QED) is 0.750. The lowest BCUT2D eigenvalue weighted by atomic mass is 9.88. The van der Waals surface area contributed by atoms with Crippen LogP contribution in [-0.4, -0.2) is 49.7 Å². The molecule has 1 N–H and O–H groups in total. The van der Waals surface area contributed by atoms with E-state index in [-0.39, 0.29) is 11.8 Å². The standard InChI is InChI=1S/C21H34N2O2S/c1-17-5-2-3-7-20(17)25-15-14-23-12-9-18(10-13-23)21(24)22-11-8-19-6-4-16-26-19/h4,6,16-18,20H,2-3,5,7-15H2,1H3,(H,22,24). The second-order valence-electron chi connectivity index (χ2n) is 7.91. The van der Waals surface area contributed by atoms with Gasteiger partial charge in [-0.1, -0.05) is 25.8 Å². The molecule has 2 heterocycles. The Balaban J connectivity index is 1.26. The zero-order chi connectivity index (χ0) is 18.2. The minimum absolute atomic E-state index is 0.189. The summed E-state index contributed by atoms with van der Waals surface area (Å²) >= 11 is 1.76. The van der Waals surface area contributed by atoms with Crippen LogP contribution in [0.4, 0.5) is 0 Å². The minimum Gasteiger partial charge on any atom is -0.377 e. The van der Waals surface area contributed by atoms with Gasteiger partial charge in [0.2, 0.25) is 5.91 Å². The third-order valence-corrected chi connectivity index (χ3v) is 6.92. The summed E-state index contributed by atoms with van der Waals surface area (Å²) in [6.45, 7) is 6.97. The molecular weight excluding hydrogens is 344 g/mol. The summed E-state index contributed by atoms with van der Waals surface area (Å²) in [5.41, 5.74) is 0. The molecule has 0 radical (unpaired) electrons. The lowest BCUT2D eigenvalue weighted by molar-refractivity contribution is -0.126. The van der Waals surface area contributed by atoms with E-state index in [0.717, 1.165) is 52.0 Å². The molecule has 5 heteroatoms. The van der Waals surface area contributed by atoms with E-state index in [1.807, 2.05) is 0 Å². The number of piperidine rings is 1. The Morgan fingerprint density at radius 3 is 2.81 bits per heavy atom. The SMILES string of the molecule is CC1CCCCC1OCCN1CCC(C(=O)NCCc2cccs2)CC1. The summed E-state index contributed by atoms with van der Waals surface area (Å²) in [5.74, 6) is 1.15. The van der Waals surface area contributed by atoms with Crippen LogP contribution >= 0.6 is 11.3 Å². The molecule has 146 valence electrons. The first-order chi connectivity index (χ1) is 12.7. The van der Waals surface area contributed by atoms with E-state index < -0.39 is 0 Å². The molecule has 0 spiro atoms. The number of carbonyl (C=O) groups excluding carboxylic acids is 1.